The first kappa shape index (κ1) is 12.6. The number of hydrogen-bond acceptors (Lipinski definition) is 5. The third-order valence-electron chi connectivity index (χ3n) is 2.48. The monoisotopic (exact) mass is 256 g/mol. The van der Waals surface area contributed by atoms with Crippen molar-refractivity contribution in [2.75, 3.05) is 12.4 Å². The maximum Gasteiger partial charge on any atom is 0.347 e. The van der Waals surface area contributed by atoms with Crippen molar-refractivity contribution >= 4 is 11.5 Å². The Kier molecular flexibility index (Phi) is 3.48. The number of hydrogen-bond donors (Lipinski definition) is 2. The molecule has 6 nitrogen and oxygen atoms in total. The normalized spacial score (nSPS) is 9.74. The van der Waals surface area contributed by atoms with Crippen LogP contribution in [0.5, 0.6) is 5.75 Å². The molecule has 1 aromatic carbocycles. The SMILES string of the molecule is COc1ccc(C)cc1Nc1cc(C#N)[nH]c(=O)n1. The number of ether oxygens (including phenoxy) is 1. The highest BCUT2D eigenvalue weighted by molar-refractivity contribution is 5.65. The highest BCUT2D eigenvalue weighted by Gasteiger charge is 2.06. The van der Waals surface area contributed by atoms with Crippen molar-refractivity contribution in [2.45, 2.75) is 6.92 Å². The molecule has 0 aliphatic heterocycles. The zero-order chi connectivity index (χ0) is 13.8. The number of rotatable bonds is 3. The van der Waals surface area contributed by atoms with Gasteiger partial charge >= 0.3 is 5.69 Å². The number of H-pyrrole nitrogens is 1. The van der Waals surface area contributed by atoms with Crippen LogP contribution in [0.2, 0.25) is 0 Å². The lowest BCUT2D eigenvalue weighted by Crippen LogP contribution is -2.13. The maximum absolute atomic E-state index is 11.3. The number of methoxy groups -OCH3 is 1. The van der Waals surface area contributed by atoms with Gasteiger partial charge in [-0.2, -0.15) is 10.2 Å². The van der Waals surface area contributed by atoms with Crippen molar-refractivity contribution in [1.82, 2.24) is 9.97 Å². The van der Waals surface area contributed by atoms with E-state index in [4.69, 9.17) is 10.00 Å². The average Bonchev–Trinajstić information content (AvgIpc) is 2.38. The first-order chi connectivity index (χ1) is 9.12. The fraction of sp³-hybridized carbons (Fsp3) is 0.154. The van der Waals surface area contributed by atoms with Crippen molar-refractivity contribution in [3.8, 4) is 11.8 Å². The van der Waals surface area contributed by atoms with Crippen LogP contribution in [-0.2, 0) is 0 Å². The predicted octanol–water partition coefficient (Wildman–Crippen LogP) is 1.70. The lowest BCUT2D eigenvalue weighted by molar-refractivity contribution is 0.416. The molecule has 2 rings (SSSR count). The van der Waals surface area contributed by atoms with E-state index in [0.717, 1.165) is 5.56 Å². The molecule has 0 amide bonds. The van der Waals surface area contributed by atoms with Gasteiger partial charge in [0.1, 0.15) is 23.3 Å². The summed E-state index contributed by atoms with van der Waals surface area (Å²) >= 11 is 0. The Labute approximate surface area is 109 Å². The molecule has 0 unspecified atom stereocenters. The van der Waals surface area contributed by atoms with Crippen LogP contribution in [0, 0.1) is 18.3 Å². The van der Waals surface area contributed by atoms with E-state index in [9.17, 15) is 4.79 Å². The van der Waals surface area contributed by atoms with E-state index in [1.165, 1.54) is 6.07 Å². The van der Waals surface area contributed by atoms with Crippen LogP contribution in [0.3, 0.4) is 0 Å². The number of nitrogens with one attached hydrogen (secondary N) is 2. The van der Waals surface area contributed by atoms with E-state index in [2.05, 4.69) is 15.3 Å². The quantitative estimate of drug-likeness (QED) is 0.872. The van der Waals surface area contributed by atoms with Crippen molar-refractivity contribution in [3.63, 3.8) is 0 Å². The molecule has 1 aromatic heterocycles. The summed E-state index contributed by atoms with van der Waals surface area (Å²) in [6.45, 7) is 1.94. The van der Waals surface area contributed by atoms with Gasteiger partial charge in [-0.05, 0) is 24.6 Å². The van der Waals surface area contributed by atoms with Gasteiger partial charge in [0.25, 0.3) is 0 Å². The molecule has 96 valence electrons. The summed E-state index contributed by atoms with van der Waals surface area (Å²) in [5.74, 6) is 0.926. The highest BCUT2D eigenvalue weighted by Crippen LogP contribution is 2.27. The van der Waals surface area contributed by atoms with Crippen molar-refractivity contribution in [3.05, 3.63) is 46.0 Å². The largest absolute Gasteiger partial charge is 0.495 e. The van der Waals surface area contributed by atoms with Gasteiger partial charge in [-0.3, -0.25) is 4.98 Å². The molecule has 0 radical (unpaired) electrons. The molecule has 0 aliphatic carbocycles. The van der Waals surface area contributed by atoms with Crippen LogP contribution in [0.15, 0.2) is 29.1 Å². The first-order valence-electron chi connectivity index (χ1n) is 5.55. The van der Waals surface area contributed by atoms with E-state index in [1.807, 2.05) is 31.2 Å². The molecule has 0 fully saturated rings. The van der Waals surface area contributed by atoms with Gasteiger partial charge < -0.3 is 10.1 Å². The molecule has 6 heteroatoms. The third-order valence-corrected chi connectivity index (χ3v) is 2.48. The van der Waals surface area contributed by atoms with Gasteiger partial charge in [-0.15, -0.1) is 0 Å². The van der Waals surface area contributed by atoms with Crippen LogP contribution in [0.4, 0.5) is 11.5 Å². The summed E-state index contributed by atoms with van der Waals surface area (Å²) in [4.78, 5) is 17.4. The second-order valence-electron chi connectivity index (χ2n) is 3.93. The molecule has 2 N–H and O–H groups in total. The van der Waals surface area contributed by atoms with Gasteiger partial charge in [0, 0.05) is 6.07 Å². The zero-order valence-electron chi connectivity index (χ0n) is 10.5. The number of aromatic nitrogens is 2. The molecular formula is C13H12N4O2. The second kappa shape index (κ2) is 5.23. The summed E-state index contributed by atoms with van der Waals surface area (Å²) in [5.41, 5.74) is 1.29. The number of aromatic amines is 1. The number of nitriles is 1. The molecule has 1 heterocycles. The topological polar surface area (TPSA) is 90.8 Å². The van der Waals surface area contributed by atoms with Crippen LogP contribution in [0.25, 0.3) is 0 Å². The highest BCUT2D eigenvalue weighted by atomic mass is 16.5. The fourth-order valence-corrected chi connectivity index (χ4v) is 1.64. The number of aryl methyl sites for hydroxylation is 1. The molecule has 0 spiro atoms. The summed E-state index contributed by atoms with van der Waals surface area (Å²) in [6.07, 6.45) is 0. The van der Waals surface area contributed by atoms with Crippen LogP contribution >= 0.6 is 0 Å². The van der Waals surface area contributed by atoms with E-state index in [0.29, 0.717) is 17.3 Å². The lowest BCUT2D eigenvalue weighted by Gasteiger charge is -2.11. The third kappa shape index (κ3) is 2.90. The summed E-state index contributed by atoms with van der Waals surface area (Å²) in [6, 6.07) is 8.93. The molecule has 0 atom stereocenters. The molecule has 0 aliphatic rings. The first-order valence-corrected chi connectivity index (χ1v) is 5.55. The van der Waals surface area contributed by atoms with Gasteiger partial charge in [0.15, 0.2) is 0 Å². The predicted molar refractivity (Wildman–Crippen MR) is 70.6 cm³/mol. The molecule has 0 saturated carbocycles. The number of anilines is 2. The van der Waals surface area contributed by atoms with Crippen LogP contribution in [-0.4, -0.2) is 17.1 Å². The van der Waals surface area contributed by atoms with Crippen LogP contribution < -0.4 is 15.7 Å². The molecule has 19 heavy (non-hydrogen) atoms. The van der Waals surface area contributed by atoms with Crippen molar-refractivity contribution in [2.24, 2.45) is 0 Å². The molecular weight excluding hydrogens is 244 g/mol. The number of benzene rings is 1. The van der Waals surface area contributed by atoms with E-state index in [1.54, 1.807) is 7.11 Å². The Hall–Kier alpha value is -2.81. The Morgan fingerprint density at radius 1 is 1.42 bits per heavy atom. The molecule has 0 bridgehead atoms. The van der Waals surface area contributed by atoms with Gasteiger partial charge in [0.2, 0.25) is 0 Å². The minimum absolute atomic E-state index is 0.147. The summed E-state index contributed by atoms with van der Waals surface area (Å²) in [5, 5.41) is 11.8. The standard InChI is InChI=1S/C13H12N4O2/c1-8-3-4-11(19-2)10(5-8)16-12-6-9(7-14)15-13(18)17-12/h3-6H,1-2H3,(H2,15,16,17,18). The Balaban J connectivity index is 2.41. The summed E-state index contributed by atoms with van der Waals surface area (Å²) < 4.78 is 5.22. The second-order valence-corrected chi connectivity index (χ2v) is 3.93. The summed E-state index contributed by atoms with van der Waals surface area (Å²) in [7, 11) is 1.56. The van der Waals surface area contributed by atoms with Crippen molar-refractivity contribution < 1.29 is 4.74 Å². The number of nitrogens with zero attached hydrogens (tertiary/aromatic N) is 2. The smallest absolute Gasteiger partial charge is 0.347 e. The fourth-order valence-electron chi connectivity index (χ4n) is 1.64. The maximum atomic E-state index is 11.3. The molecule has 0 saturated heterocycles. The Morgan fingerprint density at radius 2 is 2.21 bits per heavy atom. The zero-order valence-corrected chi connectivity index (χ0v) is 10.5. The van der Waals surface area contributed by atoms with Crippen molar-refractivity contribution in [1.29, 1.82) is 5.26 Å². The van der Waals surface area contributed by atoms with Crippen LogP contribution in [0.1, 0.15) is 11.3 Å². The lowest BCUT2D eigenvalue weighted by atomic mass is 10.2. The van der Waals surface area contributed by atoms with E-state index in [-0.39, 0.29) is 5.69 Å². The van der Waals surface area contributed by atoms with Gasteiger partial charge in [-0.25, -0.2) is 4.79 Å². The minimum Gasteiger partial charge on any atom is -0.495 e. The average molecular weight is 256 g/mol. The van der Waals surface area contributed by atoms with Gasteiger partial charge in [-0.1, -0.05) is 6.07 Å². The molecule has 2 aromatic rings. The Morgan fingerprint density at radius 3 is 2.89 bits per heavy atom. The van der Waals surface area contributed by atoms with E-state index >= 15 is 0 Å². The van der Waals surface area contributed by atoms with E-state index < -0.39 is 5.69 Å². The minimum atomic E-state index is -0.576. The Bertz CT molecular complexity index is 701. The van der Waals surface area contributed by atoms with Gasteiger partial charge in [0.05, 0.1) is 12.8 Å².